The number of aromatic nitrogens is 2. The summed E-state index contributed by atoms with van der Waals surface area (Å²) in [6, 6.07) is 15.7. The zero-order valence-electron chi connectivity index (χ0n) is 14.7. The van der Waals surface area contributed by atoms with Gasteiger partial charge in [0.15, 0.2) is 0 Å². The van der Waals surface area contributed by atoms with Crippen LogP contribution in [0.15, 0.2) is 71.0 Å². The maximum atomic E-state index is 13.3. The second kappa shape index (κ2) is 7.42. The lowest BCUT2D eigenvalue weighted by Gasteiger charge is -2.18. The lowest BCUT2D eigenvalue weighted by atomic mass is 10.1. The molecule has 6 heteroatoms. The molecule has 1 unspecified atom stereocenters. The van der Waals surface area contributed by atoms with Gasteiger partial charge < -0.3 is 0 Å². The van der Waals surface area contributed by atoms with Crippen LogP contribution in [0.3, 0.4) is 0 Å². The Morgan fingerprint density at radius 2 is 2.00 bits per heavy atom. The van der Waals surface area contributed by atoms with E-state index in [4.69, 9.17) is 0 Å². The molecular weight excluding hydrogens is 361 g/mol. The molecule has 4 aromatic rings. The van der Waals surface area contributed by atoms with E-state index in [1.807, 2.05) is 36.6 Å². The van der Waals surface area contributed by atoms with E-state index in [-0.39, 0.29) is 17.4 Å². The molecule has 27 heavy (non-hydrogen) atoms. The van der Waals surface area contributed by atoms with Crippen LogP contribution in [0.5, 0.6) is 0 Å². The van der Waals surface area contributed by atoms with Crippen molar-refractivity contribution in [2.24, 2.45) is 0 Å². The fourth-order valence-corrected chi connectivity index (χ4v) is 3.88. The molecule has 3 aromatic heterocycles. The van der Waals surface area contributed by atoms with Crippen molar-refractivity contribution in [3.8, 4) is 0 Å². The van der Waals surface area contributed by atoms with E-state index in [1.54, 1.807) is 40.1 Å². The van der Waals surface area contributed by atoms with Crippen molar-refractivity contribution < 1.29 is 4.39 Å². The second-order valence-corrected chi connectivity index (χ2v) is 7.38. The normalized spacial score (nSPS) is 12.4. The van der Waals surface area contributed by atoms with E-state index in [0.717, 1.165) is 16.0 Å². The van der Waals surface area contributed by atoms with Gasteiger partial charge >= 0.3 is 0 Å². The number of nitrogens with one attached hydrogen (secondary N) is 1. The fraction of sp³-hybridized carbons (Fsp3) is 0.143. The fourth-order valence-electron chi connectivity index (χ4n) is 3.05. The number of hydrogen-bond acceptors (Lipinski definition) is 4. The summed E-state index contributed by atoms with van der Waals surface area (Å²) in [5, 5.41) is 5.47. The average Bonchev–Trinajstić information content (AvgIpc) is 3.18. The van der Waals surface area contributed by atoms with Crippen LogP contribution >= 0.6 is 11.3 Å². The summed E-state index contributed by atoms with van der Waals surface area (Å²) in [6.07, 6.45) is 1.79. The van der Waals surface area contributed by atoms with Crippen molar-refractivity contribution in [3.63, 3.8) is 0 Å². The van der Waals surface area contributed by atoms with Crippen molar-refractivity contribution in [3.05, 3.63) is 104 Å². The van der Waals surface area contributed by atoms with Gasteiger partial charge in [-0.25, -0.2) is 9.37 Å². The van der Waals surface area contributed by atoms with Crippen molar-refractivity contribution in [1.82, 2.24) is 14.7 Å². The minimum absolute atomic E-state index is 0.0936. The maximum Gasteiger partial charge on any atom is 0.258 e. The first-order valence-electron chi connectivity index (χ1n) is 8.61. The quantitative estimate of drug-likeness (QED) is 0.568. The Morgan fingerprint density at radius 3 is 2.74 bits per heavy atom. The SMILES string of the molecule is Cc1ccc2nc(CNC(c3ccc(F)cc3)c3cccs3)cc(=O)n2c1. The number of pyridine rings is 1. The summed E-state index contributed by atoms with van der Waals surface area (Å²) in [5.41, 5.74) is 3.17. The summed E-state index contributed by atoms with van der Waals surface area (Å²) < 4.78 is 14.9. The Kier molecular flexibility index (Phi) is 4.83. The molecule has 4 rings (SSSR count). The number of nitrogens with zero attached hydrogens (tertiary/aromatic N) is 2. The Hall–Kier alpha value is -2.83. The van der Waals surface area contributed by atoms with Crippen LogP contribution in [0, 0.1) is 12.7 Å². The highest BCUT2D eigenvalue weighted by molar-refractivity contribution is 7.10. The van der Waals surface area contributed by atoms with E-state index in [2.05, 4.69) is 10.3 Å². The molecule has 0 aliphatic rings. The number of hydrogen-bond donors (Lipinski definition) is 1. The molecule has 0 spiro atoms. The molecule has 0 amide bonds. The van der Waals surface area contributed by atoms with Crippen LogP contribution in [0.2, 0.25) is 0 Å². The van der Waals surface area contributed by atoms with Gasteiger partial charge in [0.05, 0.1) is 11.7 Å². The largest absolute Gasteiger partial charge is 0.300 e. The summed E-state index contributed by atoms with van der Waals surface area (Å²) in [6.45, 7) is 2.37. The average molecular weight is 379 g/mol. The third-order valence-corrected chi connectivity index (χ3v) is 5.32. The predicted octanol–water partition coefficient (Wildman–Crippen LogP) is 4.08. The van der Waals surface area contributed by atoms with Crippen molar-refractivity contribution in [1.29, 1.82) is 0 Å². The Labute approximate surface area is 160 Å². The third-order valence-electron chi connectivity index (χ3n) is 4.38. The monoisotopic (exact) mass is 379 g/mol. The maximum absolute atomic E-state index is 13.3. The molecule has 0 saturated carbocycles. The minimum Gasteiger partial charge on any atom is -0.300 e. The van der Waals surface area contributed by atoms with E-state index in [1.165, 1.54) is 12.1 Å². The number of thiophene rings is 1. The summed E-state index contributed by atoms with van der Waals surface area (Å²) in [7, 11) is 0. The number of rotatable bonds is 5. The topological polar surface area (TPSA) is 46.4 Å². The molecule has 0 radical (unpaired) electrons. The van der Waals surface area contributed by atoms with Crippen molar-refractivity contribution in [2.45, 2.75) is 19.5 Å². The van der Waals surface area contributed by atoms with Crippen LogP contribution in [0.25, 0.3) is 5.65 Å². The molecule has 3 heterocycles. The summed E-state index contributed by atoms with van der Waals surface area (Å²) in [5.74, 6) is -0.261. The number of benzene rings is 1. The zero-order valence-corrected chi connectivity index (χ0v) is 15.5. The molecule has 0 aliphatic carbocycles. The number of halogens is 1. The van der Waals surface area contributed by atoms with Crippen LogP contribution in [-0.4, -0.2) is 9.38 Å². The van der Waals surface area contributed by atoms with E-state index in [0.29, 0.717) is 17.9 Å². The molecule has 1 aromatic carbocycles. The van der Waals surface area contributed by atoms with E-state index < -0.39 is 0 Å². The third kappa shape index (κ3) is 3.82. The highest BCUT2D eigenvalue weighted by Crippen LogP contribution is 2.26. The predicted molar refractivity (Wildman–Crippen MR) is 106 cm³/mol. The molecular formula is C21H18FN3OS. The number of fused-ring (bicyclic) bond motifs is 1. The number of aryl methyl sites for hydroxylation is 1. The highest BCUT2D eigenvalue weighted by atomic mass is 32.1. The van der Waals surface area contributed by atoms with Gasteiger partial charge in [0.25, 0.3) is 5.56 Å². The van der Waals surface area contributed by atoms with Gasteiger partial charge in [-0.05, 0) is 47.7 Å². The van der Waals surface area contributed by atoms with E-state index >= 15 is 0 Å². The standard InChI is InChI=1S/C21H18FN3OS/c1-14-4-9-19-24-17(11-20(26)25(19)13-14)12-23-21(18-3-2-10-27-18)15-5-7-16(22)8-6-15/h2-11,13,21,23H,12H2,1H3. The first-order valence-corrected chi connectivity index (χ1v) is 9.49. The highest BCUT2D eigenvalue weighted by Gasteiger charge is 2.15. The van der Waals surface area contributed by atoms with Crippen molar-refractivity contribution >= 4 is 17.0 Å². The molecule has 0 bridgehead atoms. The first kappa shape index (κ1) is 17.6. The van der Waals surface area contributed by atoms with Crippen LogP contribution in [0.1, 0.15) is 27.7 Å². The Balaban J connectivity index is 1.63. The van der Waals surface area contributed by atoms with Gasteiger partial charge in [-0.15, -0.1) is 11.3 Å². The van der Waals surface area contributed by atoms with Gasteiger partial charge in [0, 0.05) is 23.7 Å². The first-order chi connectivity index (χ1) is 13.1. The summed E-state index contributed by atoms with van der Waals surface area (Å²) >= 11 is 1.63. The Bertz CT molecular complexity index is 1120. The van der Waals surface area contributed by atoms with Gasteiger partial charge in [0.2, 0.25) is 0 Å². The van der Waals surface area contributed by atoms with Crippen LogP contribution in [-0.2, 0) is 6.54 Å². The van der Waals surface area contributed by atoms with Gasteiger partial charge in [0.1, 0.15) is 11.5 Å². The zero-order chi connectivity index (χ0) is 18.8. The molecule has 0 aliphatic heterocycles. The Morgan fingerprint density at radius 1 is 1.19 bits per heavy atom. The van der Waals surface area contributed by atoms with Gasteiger partial charge in [-0.2, -0.15) is 0 Å². The lowest BCUT2D eigenvalue weighted by molar-refractivity contribution is 0.597. The molecule has 1 N–H and O–H groups in total. The summed E-state index contributed by atoms with van der Waals surface area (Å²) in [4.78, 5) is 18.1. The molecule has 0 fully saturated rings. The smallest absolute Gasteiger partial charge is 0.258 e. The van der Waals surface area contributed by atoms with Gasteiger partial charge in [-0.3, -0.25) is 14.5 Å². The van der Waals surface area contributed by atoms with Crippen molar-refractivity contribution in [2.75, 3.05) is 0 Å². The molecule has 1 atom stereocenters. The van der Waals surface area contributed by atoms with Gasteiger partial charge in [-0.1, -0.05) is 24.3 Å². The van der Waals surface area contributed by atoms with Crippen LogP contribution in [0.4, 0.5) is 4.39 Å². The molecule has 4 nitrogen and oxygen atoms in total. The molecule has 136 valence electrons. The molecule has 0 saturated heterocycles. The minimum atomic E-state index is -0.261. The second-order valence-electron chi connectivity index (χ2n) is 6.40. The lowest BCUT2D eigenvalue weighted by Crippen LogP contribution is -2.24. The van der Waals surface area contributed by atoms with E-state index in [9.17, 15) is 9.18 Å². The van der Waals surface area contributed by atoms with Crippen LogP contribution < -0.4 is 10.9 Å².